The van der Waals surface area contributed by atoms with Crippen molar-refractivity contribution in [2.24, 2.45) is 0 Å². The maximum Gasteiger partial charge on any atom is 0.251 e. The van der Waals surface area contributed by atoms with E-state index in [1.807, 2.05) is 26.0 Å². The zero-order valence-electron chi connectivity index (χ0n) is 12.4. The molecule has 0 aliphatic carbocycles. The second-order valence-corrected chi connectivity index (χ2v) is 5.12. The summed E-state index contributed by atoms with van der Waals surface area (Å²) in [5.41, 5.74) is 7.10. The van der Waals surface area contributed by atoms with Crippen LogP contribution >= 0.6 is 0 Å². The topological polar surface area (TPSA) is 81.2 Å². The highest BCUT2D eigenvalue weighted by atomic mass is 16.3. The molecule has 0 saturated carbocycles. The number of hydrogen-bond donors (Lipinski definition) is 2. The Labute approximate surface area is 124 Å². The molecule has 21 heavy (non-hydrogen) atoms. The molecule has 1 amide bonds. The molecule has 0 aliphatic heterocycles. The Bertz CT molecular complexity index is 594. The molecule has 0 aliphatic rings. The van der Waals surface area contributed by atoms with E-state index in [0.29, 0.717) is 11.4 Å². The molecule has 2 aromatic rings. The molecular weight excluding hydrogens is 266 g/mol. The molecule has 0 radical (unpaired) electrons. The van der Waals surface area contributed by atoms with Gasteiger partial charge in [0.1, 0.15) is 11.6 Å². The highest BCUT2D eigenvalue weighted by molar-refractivity contribution is 5.95. The molecule has 0 bridgehead atoms. The Morgan fingerprint density at radius 3 is 2.95 bits per heavy atom. The number of nitrogen functional groups attached to an aromatic ring is 1. The van der Waals surface area contributed by atoms with Gasteiger partial charge in [0.25, 0.3) is 5.91 Å². The van der Waals surface area contributed by atoms with Crippen LogP contribution < -0.4 is 11.1 Å². The lowest BCUT2D eigenvalue weighted by atomic mass is 10.1. The van der Waals surface area contributed by atoms with Crippen molar-refractivity contribution in [3.8, 4) is 0 Å². The lowest BCUT2D eigenvalue weighted by Gasteiger charge is -2.14. The van der Waals surface area contributed by atoms with Crippen LogP contribution in [0.3, 0.4) is 0 Å². The molecule has 3 N–H and O–H groups in total. The van der Waals surface area contributed by atoms with Crippen molar-refractivity contribution >= 4 is 11.7 Å². The first-order chi connectivity index (χ1) is 10.1. The van der Waals surface area contributed by atoms with Crippen LogP contribution in [-0.2, 0) is 12.8 Å². The van der Waals surface area contributed by atoms with Crippen LogP contribution in [0.4, 0.5) is 5.82 Å². The Kier molecular flexibility index (Phi) is 4.98. The van der Waals surface area contributed by atoms with Gasteiger partial charge in [0, 0.05) is 23.7 Å². The Morgan fingerprint density at radius 1 is 1.48 bits per heavy atom. The zero-order valence-corrected chi connectivity index (χ0v) is 12.4. The fraction of sp³-hybridized carbons (Fsp3) is 0.375. The lowest BCUT2D eigenvalue weighted by Crippen LogP contribution is -2.33. The quantitative estimate of drug-likeness (QED) is 0.855. The molecule has 112 valence electrons. The normalized spacial score (nSPS) is 12.1. The summed E-state index contributed by atoms with van der Waals surface area (Å²) in [6.45, 7) is 3.96. The molecule has 1 unspecified atom stereocenters. The lowest BCUT2D eigenvalue weighted by molar-refractivity contribution is 0.0938. The maximum atomic E-state index is 12.2. The average Bonchev–Trinajstić information content (AvgIpc) is 2.97. The van der Waals surface area contributed by atoms with Crippen molar-refractivity contribution in [3.05, 3.63) is 47.5 Å². The molecule has 5 nitrogen and oxygen atoms in total. The molecule has 2 aromatic heterocycles. The number of hydrogen-bond acceptors (Lipinski definition) is 4. The molecule has 0 aromatic carbocycles. The molecule has 2 rings (SSSR count). The average molecular weight is 287 g/mol. The molecule has 2 heterocycles. The summed E-state index contributed by atoms with van der Waals surface area (Å²) in [5, 5.41) is 2.97. The van der Waals surface area contributed by atoms with Crippen LogP contribution in [-0.4, -0.2) is 16.9 Å². The maximum absolute atomic E-state index is 12.2. The number of aromatic nitrogens is 1. The van der Waals surface area contributed by atoms with E-state index < -0.39 is 0 Å². The Hall–Kier alpha value is -2.30. The highest BCUT2D eigenvalue weighted by Crippen LogP contribution is 2.10. The number of furan rings is 1. The minimum Gasteiger partial charge on any atom is -0.469 e. The highest BCUT2D eigenvalue weighted by Gasteiger charge is 2.12. The summed E-state index contributed by atoms with van der Waals surface area (Å²) in [4.78, 5) is 16.4. The van der Waals surface area contributed by atoms with Gasteiger partial charge in [-0.05, 0) is 44.0 Å². The number of aryl methyl sites for hydroxylation is 2. The number of nitrogens with two attached hydrogens (primary N) is 1. The Balaban J connectivity index is 1.92. The smallest absolute Gasteiger partial charge is 0.251 e. The third kappa shape index (κ3) is 4.34. The second-order valence-electron chi connectivity index (χ2n) is 5.12. The number of carbonyl (C=O) groups is 1. The fourth-order valence-electron chi connectivity index (χ4n) is 2.12. The van der Waals surface area contributed by atoms with E-state index in [2.05, 4.69) is 10.3 Å². The standard InChI is InChI=1S/C16H21N3O2/c1-3-13-9-12(10-15(17)19-13)16(20)18-11(2)6-7-14-5-4-8-21-14/h4-5,8-11H,3,6-7H2,1-2H3,(H2,17,19)(H,18,20). The van der Waals surface area contributed by atoms with Gasteiger partial charge in [0.05, 0.1) is 6.26 Å². The summed E-state index contributed by atoms with van der Waals surface area (Å²) >= 11 is 0. The molecule has 1 atom stereocenters. The van der Waals surface area contributed by atoms with E-state index >= 15 is 0 Å². The van der Waals surface area contributed by atoms with Crippen LogP contribution in [0.2, 0.25) is 0 Å². The summed E-state index contributed by atoms with van der Waals surface area (Å²) in [7, 11) is 0. The summed E-state index contributed by atoms with van der Waals surface area (Å²) < 4.78 is 5.28. The largest absolute Gasteiger partial charge is 0.469 e. The van der Waals surface area contributed by atoms with Crippen molar-refractivity contribution in [2.75, 3.05) is 5.73 Å². The molecule has 0 saturated heterocycles. The zero-order chi connectivity index (χ0) is 15.2. The molecule has 0 fully saturated rings. The first kappa shape index (κ1) is 15.1. The SMILES string of the molecule is CCc1cc(C(=O)NC(C)CCc2ccco2)cc(N)n1. The van der Waals surface area contributed by atoms with Gasteiger partial charge in [-0.2, -0.15) is 0 Å². The second kappa shape index (κ2) is 6.92. The van der Waals surface area contributed by atoms with Crippen LogP contribution in [0, 0.1) is 0 Å². The van der Waals surface area contributed by atoms with Crippen molar-refractivity contribution in [2.45, 2.75) is 39.2 Å². The van der Waals surface area contributed by atoms with Gasteiger partial charge in [0.15, 0.2) is 0 Å². The van der Waals surface area contributed by atoms with Gasteiger partial charge in [0.2, 0.25) is 0 Å². The third-order valence-corrected chi connectivity index (χ3v) is 3.30. The minimum absolute atomic E-state index is 0.0575. The number of carbonyl (C=O) groups excluding carboxylic acids is 1. The number of nitrogens with one attached hydrogen (secondary N) is 1. The molecular formula is C16H21N3O2. The minimum atomic E-state index is -0.120. The van der Waals surface area contributed by atoms with Crippen molar-refractivity contribution < 1.29 is 9.21 Å². The first-order valence-corrected chi connectivity index (χ1v) is 7.18. The summed E-state index contributed by atoms with van der Waals surface area (Å²) in [6, 6.07) is 7.25. The number of amides is 1. The Morgan fingerprint density at radius 2 is 2.29 bits per heavy atom. The van der Waals surface area contributed by atoms with Gasteiger partial charge >= 0.3 is 0 Å². The first-order valence-electron chi connectivity index (χ1n) is 7.18. The molecule has 0 spiro atoms. The van der Waals surface area contributed by atoms with Gasteiger partial charge in [-0.1, -0.05) is 6.92 Å². The van der Waals surface area contributed by atoms with Gasteiger partial charge in [-0.25, -0.2) is 4.98 Å². The molecule has 5 heteroatoms. The van der Waals surface area contributed by atoms with Crippen molar-refractivity contribution in [1.82, 2.24) is 10.3 Å². The van der Waals surface area contributed by atoms with Crippen LogP contribution in [0.25, 0.3) is 0 Å². The van der Waals surface area contributed by atoms with Crippen LogP contribution in [0.5, 0.6) is 0 Å². The fourth-order valence-corrected chi connectivity index (χ4v) is 2.12. The predicted octanol–water partition coefficient (Wildman–Crippen LogP) is 2.57. The van der Waals surface area contributed by atoms with E-state index in [1.165, 1.54) is 0 Å². The monoisotopic (exact) mass is 287 g/mol. The van der Waals surface area contributed by atoms with Crippen molar-refractivity contribution in [3.63, 3.8) is 0 Å². The van der Waals surface area contributed by atoms with Gasteiger partial charge in [-0.3, -0.25) is 4.79 Å². The van der Waals surface area contributed by atoms with E-state index in [4.69, 9.17) is 10.2 Å². The van der Waals surface area contributed by atoms with E-state index in [1.54, 1.807) is 18.4 Å². The van der Waals surface area contributed by atoms with Gasteiger partial charge < -0.3 is 15.5 Å². The number of rotatable bonds is 6. The van der Waals surface area contributed by atoms with Crippen LogP contribution in [0.1, 0.15) is 42.1 Å². The van der Waals surface area contributed by atoms with Crippen LogP contribution in [0.15, 0.2) is 34.9 Å². The van der Waals surface area contributed by atoms with Crippen molar-refractivity contribution in [1.29, 1.82) is 0 Å². The third-order valence-electron chi connectivity index (χ3n) is 3.30. The predicted molar refractivity (Wildman–Crippen MR) is 82.0 cm³/mol. The summed E-state index contributed by atoms with van der Waals surface area (Å²) in [5.74, 6) is 1.19. The van der Waals surface area contributed by atoms with Gasteiger partial charge in [-0.15, -0.1) is 0 Å². The van der Waals surface area contributed by atoms with E-state index in [-0.39, 0.29) is 11.9 Å². The van der Waals surface area contributed by atoms with E-state index in [0.717, 1.165) is 30.7 Å². The number of anilines is 1. The number of pyridine rings is 1. The number of nitrogens with zero attached hydrogens (tertiary/aromatic N) is 1. The van der Waals surface area contributed by atoms with E-state index in [9.17, 15) is 4.79 Å². The summed E-state index contributed by atoms with van der Waals surface area (Å²) in [6.07, 6.45) is 4.03.